The molecule has 1 atom stereocenters. The zero-order valence-electron chi connectivity index (χ0n) is 22.1. The number of amides is 3. The van der Waals surface area contributed by atoms with E-state index in [4.69, 9.17) is 20.9 Å². The number of aromatic nitrogens is 1. The van der Waals surface area contributed by atoms with Crippen LogP contribution in [-0.4, -0.2) is 60.1 Å². The smallest absolute Gasteiger partial charge is 0.255 e. The first kappa shape index (κ1) is 28.5. The molecule has 0 saturated heterocycles. The predicted octanol–water partition coefficient (Wildman–Crippen LogP) is 3.84. The van der Waals surface area contributed by atoms with Gasteiger partial charge in [0, 0.05) is 30.1 Å². The van der Waals surface area contributed by atoms with Crippen LogP contribution in [0.25, 0.3) is 0 Å². The standard InChI is InChI=1S/C27H37ClN4O5/c1-17(2)13-21-16-36-24-9-7-20(28)14-23(24)27(35)29-11-5-6-12-32(15-25(33)30-21)26(34)10-8-22-18(3)31-37-19(22)4/h7,9,14,17,21H,5-6,8,10-13,15-16H2,1-4H3,(H,29,35)(H,30,33)/t21-/m1/s1. The number of hydrogen-bond acceptors (Lipinski definition) is 6. The highest BCUT2D eigenvalue weighted by molar-refractivity contribution is 6.31. The molecule has 37 heavy (non-hydrogen) atoms. The lowest BCUT2D eigenvalue weighted by Crippen LogP contribution is -2.46. The van der Waals surface area contributed by atoms with Gasteiger partial charge in [0.2, 0.25) is 11.8 Å². The maximum absolute atomic E-state index is 13.1. The Morgan fingerprint density at radius 3 is 2.73 bits per heavy atom. The Hall–Kier alpha value is -3.07. The molecule has 0 saturated carbocycles. The van der Waals surface area contributed by atoms with E-state index >= 15 is 0 Å². The van der Waals surface area contributed by atoms with E-state index in [1.807, 2.05) is 13.8 Å². The van der Waals surface area contributed by atoms with E-state index < -0.39 is 0 Å². The summed E-state index contributed by atoms with van der Waals surface area (Å²) in [5, 5.41) is 10.3. The number of benzene rings is 1. The molecule has 1 aliphatic rings. The lowest BCUT2D eigenvalue weighted by atomic mass is 10.0. The molecule has 0 spiro atoms. The van der Waals surface area contributed by atoms with Gasteiger partial charge < -0.3 is 24.8 Å². The summed E-state index contributed by atoms with van der Waals surface area (Å²) in [5.74, 6) is 0.800. The molecule has 2 heterocycles. The molecule has 0 aliphatic carbocycles. The average molecular weight is 533 g/mol. The zero-order valence-corrected chi connectivity index (χ0v) is 22.8. The fraction of sp³-hybridized carbons (Fsp3) is 0.556. The van der Waals surface area contributed by atoms with Crippen molar-refractivity contribution in [1.82, 2.24) is 20.7 Å². The molecule has 2 N–H and O–H groups in total. The molecule has 202 valence electrons. The van der Waals surface area contributed by atoms with Gasteiger partial charge in [0.1, 0.15) is 18.1 Å². The highest BCUT2D eigenvalue weighted by Gasteiger charge is 2.23. The minimum absolute atomic E-state index is 0.0341. The maximum atomic E-state index is 13.1. The Morgan fingerprint density at radius 2 is 2.03 bits per heavy atom. The third kappa shape index (κ3) is 8.49. The Bertz CT molecular complexity index is 1080. The van der Waals surface area contributed by atoms with Crippen molar-refractivity contribution in [3.05, 3.63) is 45.8 Å². The van der Waals surface area contributed by atoms with Crippen molar-refractivity contribution >= 4 is 29.3 Å². The normalized spacial score (nSPS) is 17.8. The van der Waals surface area contributed by atoms with Crippen molar-refractivity contribution in [1.29, 1.82) is 0 Å². The third-order valence-corrected chi connectivity index (χ3v) is 6.58. The Morgan fingerprint density at radius 1 is 1.24 bits per heavy atom. The summed E-state index contributed by atoms with van der Waals surface area (Å²) in [6.07, 6.45) is 2.72. The molecule has 1 aliphatic heterocycles. The molecule has 0 fully saturated rings. The van der Waals surface area contributed by atoms with Crippen LogP contribution in [-0.2, 0) is 16.0 Å². The Kier molecular flexibility index (Phi) is 10.4. The lowest BCUT2D eigenvalue weighted by Gasteiger charge is -2.25. The van der Waals surface area contributed by atoms with Gasteiger partial charge >= 0.3 is 0 Å². The van der Waals surface area contributed by atoms with E-state index in [-0.39, 0.29) is 43.3 Å². The quantitative estimate of drug-likeness (QED) is 0.605. The summed E-state index contributed by atoms with van der Waals surface area (Å²) in [5.41, 5.74) is 2.05. The van der Waals surface area contributed by atoms with Crippen LogP contribution in [0.3, 0.4) is 0 Å². The number of nitrogens with zero attached hydrogens (tertiary/aromatic N) is 2. The second kappa shape index (κ2) is 13.5. The van der Waals surface area contributed by atoms with Gasteiger partial charge in [0.05, 0.1) is 23.8 Å². The van der Waals surface area contributed by atoms with E-state index in [2.05, 4.69) is 29.6 Å². The molecule has 0 bridgehead atoms. The summed E-state index contributed by atoms with van der Waals surface area (Å²) in [6, 6.07) is 4.63. The molecule has 1 aromatic heterocycles. The first-order valence-electron chi connectivity index (χ1n) is 12.8. The summed E-state index contributed by atoms with van der Waals surface area (Å²) in [6.45, 7) is 8.80. The molecular formula is C27H37ClN4O5. The molecular weight excluding hydrogens is 496 g/mol. The first-order valence-corrected chi connectivity index (χ1v) is 13.2. The number of carbonyl (C=O) groups is 3. The minimum Gasteiger partial charge on any atom is -0.491 e. The number of ether oxygens (including phenoxy) is 1. The molecule has 1 aromatic carbocycles. The van der Waals surface area contributed by atoms with Crippen molar-refractivity contribution in [2.45, 2.75) is 65.8 Å². The van der Waals surface area contributed by atoms with Crippen LogP contribution < -0.4 is 15.4 Å². The summed E-state index contributed by atoms with van der Waals surface area (Å²) < 4.78 is 11.2. The van der Waals surface area contributed by atoms with Gasteiger partial charge in [0.15, 0.2) is 0 Å². The van der Waals surface area contributed by atoms with Crippen molar-refractivity contribution < 1.29 is 23.6 Å². The summed E-state index contributed by atoms with van der Waals surface area (Å²) in [7, 11) is 0. The molecule has 10 heteroatoms. The van der Waals surface area contributed by atoms with Crippen molar-refractivity contribution in [3.8, 4) is 5.75 Å². The van der Waals surface area contributed by atoms with E-state index in [0.717, 1.165) is 11.3 Å². The van der Waals surface area contributed by atoms with Gasteiger partial charge in [-0.1, -0.05) is 30.6 Å². The molecule has 3 rings (SSSR count). The second-order valence-corrected chi connectivity index (χ2v) is 10.4. The van der Waals surface area contributed by atoms with Crippen LogP contribution in [0.4, 0.5) is 0 Å². The maximum Gasteiger partial charge on any atom is 0.255 e. The van der Waals surface area contributed by atoms with Crippen LogP contribution in [0.2, 0.25) is 5.02 Å². The van der Waals surface area contributed by atoms with Crippen molar-refractivity contribution in [2.24, 2.45) is 5.92 Å². The van der Waals surface area contributed by atoms with Crippen LogP contribution in [0.5, 0.6) is 5.75 Å². The number of fused-ring (bicyclic) bond motifs is 1. The average Bonchev–Trinajstić information content (AvgIpc) is 3.16. The molecule has 0 unspecified atom stereocenters. The molecule has 0 radical (unpaired) electrons. The zero-order chi connectivity index (χ0) is 26.9. The van der Waals surface area contributed by atoms with Gasteiger partial charge in [-0.05, 0) is 63.6 Å². The fourth-order valence-electron chi connectivity index (χ4n) is 4.45. The molecule has 9 nitrogen and oxygen atoms in total. The number of nitrogens with one attached hydrogen (secondary N) is 2. The van der Waals surface area contributed by atoms with Crippen LogP contribution >= 0.6 is 11.6 Å². The van der Waals surface area contributed by atoms with Gasteiger partial charge in [-0.2, -0.15) is 0 Å². The van der Waals surface area contributed by atoms with E-state index in [0.29, 0.717) is 66.8 Å². The number of hydrogen-bond donors (Lipinski definition) is 2. The van der Waals surface area contributed by atoms with Crippen LogP contribution in [0, 0.1) is 19.8 Å². The number of rotatable bonds is 5. The molecule has 3 amide bonds. The highest BCUT2D eigenvalue weighted by Crippen LogP contribution is 2.24. The SMILES string of the molecule is Cc1noc(C)c1CCC(=O)N1CCCCNC(=O)c2cc(Cl)ccc2OC[C@@H](CC(C)C)NC(=O)C1. The molecule has 2 aromatic rings. The van der Waals surface area contributed by atoms with Gasteiger partial charge in [-0.3, -0.25) is 14.4 Å². The van der Waals surface area contributed by atoms with Gasteiger partial charge in [0.25, 0.3) is 5.91 Å². The summed E-state index contributed by atoms with van der Waals surface area (Å²) in [4.78, 5) is 40.6. The second-order valence-electron chi connectivity index (χ2n) is 9.93. The van der Waals surface area contributed by atoms with E-state index in [1.165, 1.54) is 0 Å². The van der Waals surface area contributed by atoms with Crippen LogP contribution in [0.1, 0.15) is 66.9 Å². The van der Waals surface area contributed by atoms with Gasteiger partial charge in [-0.25, -0.2) is 0 Å². The highest BCUT2D eigenvalue weighted by atomic mass is 35.5. The number of halogens is 1. The topological polar surface area (TPSA) is 114 Å². The number of carbonyl (C=O) groups excluding carboxylic acids is 3. The monoisotopic (exact) mass is 532 g/mol. The predicted molar refractivity (Wildman–Crippen MR) is 141 cm³/mol. The first-order chi connectivity index (χ1) is 17.6. The Balaban J connectivity index is 1.75. The third-order valence-electron chi connectivity index (χ3n) is 6.34. The largest absolute Gasteiger partial charge is 0.491 e. The van der Waals surface area contributed by atoms with Crippen molar-refractivity contribution in [3.63, 3.8) is 0 Å². The van der Waals surface area contributed by atoms with E-state index in [1.54, 1.807) is 23.1 Å². The Labute approximate surface area is 223 Å². The van der Waals surface area contributed by atoms with Gasteiger partial charge in [-0.15, -0.1) is 0 Å². The van der Waals surface area contributed by atoms with E-state index in [9.17, 15) is 14.4 Å². The lowest BCUT2D eigenvalue weighted by molar-refractivity contribution is -0.136. The van der Waals surface area contributed by atoms with Crippen LogP contribution in [0.15, 0.2) is 22.7 Å². The number of aryl methyl sites for hydroxylation is 2. The minimum atomic E-state index is -0.288. The summed E-state index contributed by atoms with van der Waals surface area (Å²) >= 11 is 6.14. The van der Waals surface area contributed by atoms with Crippen molar-refractivity contribution in [2.75, 3.05) is 26.2 Å². The fourth-order valence-corrected chi connectivity index (χ4v) is 4.62.